The van der Waals surface area contributed by atoms with Gasteiger partial charge in [0.05, 0.1) is 0 Å². The number of rotatable bonds is 5. The van der Waals surface area contributed by atoms with Crippen LogP contribution in [0.3, 0.4) is 0 Å². The van der Waals surface area contributed by atoms with Crippen molar-refractivity contribution in [1.29, 1.82) is 0 Å². The van der Waals surface area contributed by atoms with Crippen LogP contribution in [0.1, 0.15) is 31.9 Å². The number of likely N-dealkylation sites (N-methyl/N-ethyl adjacent to an activating group) is 1. The van der Waals surface area contributed by atoms with Gasteiger partial charge in [0, 0.05) is 23.8 Å². The fraction of sp³-hybridized carbons (Fsp3) is 0.200. The Balaban J connectivity index is 1.92. The Hall–Kier alpha value is -2.80. The van der Waals surface area contributed by atoms with Crippen molar-refractivity contribution in [3.05, 3.63) is 102 Å². The van der Waals surface area contributed by atoms with E-state index in [1.54, 1.807) is 0 Å². The molecular weight excluding hydrogens is 314 g/mol. The van der Waals surface area contributed by atoms with E-state index in [4.69, 9.17) is 0 Å². The molecule has 1 heteroatoms. The molecule has 1 aliphatic carbocycles. The van der Waals surface area contributed by atoms with Crippen molar-refractivity contribution >= 4 is 5.69 Å². The maximum absolute atomic E-state index is 4.21. The Morgan fingerprint density at radius 3 is 2.35 bits per heavy atom. The molecule has 0 aliphatic heterocycles. The average Bonchev–Trinajstić information content (AvgIpc) is 2.87. The van der Waals surface area contributed by atoms with E-state index in [0.29, 0.717) is 0 Å². The minimum absolute atomic E-state index is 0.0140. The number of nitrogens with zero attached hydrogens (tertiary/aromatic N) is 1. The Morgan fingerprint density at radius 2 is 1.62 bits per heavy atom. The van der Waals surface area contributed by atoms with Crippen LogP contribution in [0.25, 0.3) is 11.1 Å². The van der Waals surface area contributed by atoms with E-state index in [2.05, 4.69) is 81.4 Å². The summed E-state index contributed by atoms with van der Waals surface area (Å²) in [6, 6.07) is 15.4. The number of benzene rings is 2. The van der Waals surface area contributed by atoms with E-state index in [1.165, 1.54) is 22.3 Å². The molecule has 0 saturated carbocycles. The standard InChI is InChI=1S/C25H27N/c1-7-10-18(2)13-14-19(3)26(6)20-15-16-22-21-11-8-9-12-23(21)25(4,5)24(22)17-20/h7-17H,2-3H2,1,4-6H3/b10-7+,14-13-. The minimum Gasteiger partial charge on any atom is -0.345 e. The molecule has 132 valence electrons. The van der Waals surface area contributed by atoms with Gasteiger partial charge in [-0.3, -0.25) is 0 Å². The predicted molar refractivity (Wildman–Crippen MR) is 115 cm³/mol. The zero-order valence-electron chi connectivity index (χ0n) is 16.2. The molecule has 0 unspecified atom stereocenters. The van der Waals surface area contributed by atoms with E-state index in [9.17, 15) is 0 Å². The molecule has 0 bridgehead atoms. The average molecular weight is 341 g/mol. The topological polar surface area (TPSA) is 3.24 Å². The molecule has 2 aromatic rings. The molecule has 3 rings (SSSR count). The molecule has 0 amide bonds. The summed E-state index contributed by atoms with van der Waals surface area (Å²) in [5.41, 5.74) is 8.52. The fourth-order valence-corrected chi connectivity index (χ4v) is 3.65. The Morgan fingerprint density at radius 1 is 0.923 bits per heavy atom. The zero-order valence-corrected chi connectivity index (χ0v) is 16.2. The van der Waals surface area contributed by atoms with Crippen LogP contribution in [0, 0.1) is 0 Å². The molecule has 0 aromatic heterocycles. The quantitative estimate of drug-likeness (QED) is 0.552. The lowest BCUT2D eigenvalue weighted by Crippen LogP contribution is -2.18. The van der Waals surface area contributed by atoms with E-state index in [1.807, 2.05) is 31.2 Å². The van der Waals surface area contributed by atoms with Crippen molar-refractivity contribution in [3.63, 3.8) is 0 Å². The van der Waals surface area contributed by atoms with Crippen LogP contribution < -0.4 is 4.90 Å². The number of fused-ring (bicyclic) bond motifs is 3. The molecule has 1 nitrogen and oxygen atoms in total. The van der Waals surface area contributed by atoms with Crippen LogP contribution in [-0.2, 0) is 5.41 Å². The number of hydrogen-bond acceptors (Lipinski definition) is 1. The van der Waals surface area contributed by atoms with Gasteiger partial charge < -0.3 is 4.90 Å². The summed E-state index contributed by atoms with van der Waals surface area (Å²) in [7, 11) is 2.06. The summed E-state index contributed by atoms with van der Waals surface area (Å²) in [6.07, 6.45) is 7.97. The molecule has 0 fully saturated rings. The second-order valence-corrected chi connectivity index (χ2v) is 7.36. The van der Waals surface area contributed by atoms with Gasteiger partial charge in [0.25, 0.3) is 0 Å². The Kier molecular flexibility index (Phi) is 4.73. The maximum Gasteiger partial charge on any atom is 0.0411 e. The highest BCUT2D eigenvalue weighted by molar-refractivity contribution is 5.82. The number of allylic oxidation sites excluding steroid dienone is 5. The van der Waals surface area contributed by atoms with Crippen molar-refractivity contribution in [2.24, 2.45) is 0 Å². The van der Waals surface area contributed by atoms with Gasteiger partial charge >= 0.3 is 0 Å². The zero-order chi connectivity index (χ0) is 18.9. The smallest absolute Gasteiger partial charge is 0.0411 e. The third-order valence-corrected chi connectivity index (χ3v) is 5.26. The van der Waals surface area contributed by atoms with Gasteiger partial charge in [0.2, 0.25) is 0 Å². The third kappa shape index (κ3) is 3.06. The van der Waals surface area contributed by atoms with E-state index in [0.717, 1.165) is 17.0 Å². The van der Waals surface area contributed by atoms with E-state index in [-0.39, 0.29) is 5.41 Å². The first-order valence-electron chi connectivity index (χ1n) is 9.03. The molecule has 0 spiro atoms. The van der Waals surface area contributed by atoms with E-state index >= 15 is 0 Å². The summed E-state index contributed by atoms with van der Waals surface area (Å²) in [5.74, 6) is 0. The molecule has 1 aliphatic rings. The van der Waals surface area contributed by atoms with Gasteiger partial charge in [-0.1, -0.05) is 75.6 Å². The number of anilines is 1. The largest absolute Gasteiger partial charge is 0.345 e. The van der Waals surface area contributed by atoms with Crippen LogP contribution in [-0.4, -0.2) is 7.05 Å². The lowest BCUT2D eigenvalue weighted by molar-refractivity contribution is 0.660. The highest BCUT2D eigenvalue weighted by Gasteiger charge is 2.35. The minimum atomic E-state index is 0.0140. The van der Waals surface area contributed by atoms with Crippen LogP contribution in [0.15, 0.2) is 91.2 Å². The first-order valence-corrected chi connectivity index (χ1v) is 9.03. The predicted octanol–water partition coefficient (Wildman–Crippen LogP) is 6.63. The van der Waals surface area contributed by atoms with Crippen molar-refractivity contribution in [2.45, 2.75) is 26.2 Å². The maximum atomic E-state index is 4.21. The van der Waals surface area contributed by atoms with Crippen LogP contribution in [0.5, 0.6) is 0 Å². The summed E-state index contributed by atoms with van der Waals surface area (Å²) in [6.45, 7) is 14.8. The van der Waals surface area contributed by atoms with Gasteiger partial charge in [-0.15, -0.1) is 0 Å². The summed E-state index contributed by atoms with van der Waals surface area (Å²) in [5, 5.41) is 0. The molecule has 0 saturated heterocycles. The monoisotopic (exact) mass is 341 g/mol. The fourth-order valence-electron chi connectivity index (χ4n) is 3.65. The highest BCUT2D eigenvalue weighted by Crippen LogP contribution is 2.49. The molecule has 0 atom stereocenters. The summed E-state index contributed by atoms with van der Waals surface area (Å²) in [4.78, 5) is 2.12. The molecule has 0 heterocycles. The first kappa shape index (κ1) is 18.0. The van der Waals surface area contributed by atoms with Crippen molar-refractivity contribution in [1.82, 2.24) is 0 Å². The van der Waals surface area contributed by atoms with E-state index < -0.39 is 0 Å². The van der Waals surface area contributed by atoms with Crippen LogP contribution >= 0.6 is 0 Å². The Bertz CT molecular complexity index is 925. The third-order valence-electron chi connectivity index (χ3n) is 5.26. The van der Waals surface area contributed by atoms with Crippen molar-refractivity contribution in [2.75, 3.05) is 11.9 Å². The molecule has 0 radical (unpaired) electrons. The van der Waals surface area contributed by atoms with Crippen molar-refractivity contribution in [3.8, 4) is 11.1 Å². The highest BCUT2D eigenvalue weighted by atomic mass is 15.1. The first-order chi connectivity index (χ1) is 12.4. The second kappa shape index (κ2) is 6.84. The molecule has 0 N–H and O–H groups in total. The second-order valence-electron chi connectivity index (χ2n) is 7.36. The normalized spacial score (nSPS) is 14.5. The number of hydrogen-bond donors (Lipinski definition) is 0. The molecular formula is C25H27N. The molecule has 26 heavy (non-hydrogen) atoms. The lowest BCUT2D eigenvalue weighted by atomic mass is 9.82. The summed E-state index contributed by atoms with van der Waals surface area (Å²) >= 11 is 0. The van der Waals surface area contributed by atoms with Gasteiger partial charge in [-0.2, -0.15) is 0 Å². The van der Waals surface area contributed by atoms with Gasteiger partial charge in [0.15, 0.2) is 0 Å². The van der Waals surface area contributed by atoms with Crippen LogP contribution in [0.4, 0.5) is 5.69 Å². The SMILES string of the molecule is C=C(/C=C\C(=C)N(C)c1ccc2c(c1)C(C)(C)c1ccccc1-2)/C=C/C. The lowest BCUT2D eigenvalue weighted by Gasteiger charge is -2.25. The van der Waals surface area contributed by atoms with Crippen LogP contribution in [0.2, 0.25) is 0 Å². The van der Waals surface area contributed by atoms with Crippen molar-refractivity contribution < 1.29 is 0 Å². The summed E-state index contributed by atoms with van der Waals surface area (Å²) < 4.78 is 0. The molecule has 2 aromatic carbocycles. The van der Waals surface area contributed by atoms with Gasteiger partial charge in [0.1, 0.15) is 0 Å². The van der Waals surface area contributed by atoms with Gasteiger partial charge in [-0.05, 0) is 53.0 Å². The van der Waals surface area contributed by atoms with Gasteiger partial charge in [-0.25, -0.2) is 0 Å². The Labute approximate surface area is 157 Å².